The molecular formula is C15H26N2O3. The topological polar surface area (TPSA) is 78.4 Å². The van der Waals surface area contributed by atoms with Crippen LogP contribution < -0.4 is 10.6 Å². The number of hydrogen-bond acceptors (Lipinski definition) is 2. The van der Waals surface area contributed by atoms with Crippen molar-refractivity contribution in [3.05, 3.63) is 0 Å². The number of aliphatic carboxylic acids is 1. The van der Waals surface area contributed by atoms with Gasteiger partial charge in [0, 0.05) is 12.1 Å². The molecule has 0 aliphatic heterocycles. The van der Waals surface area contributed by atoms with E-state index in [2.05, 4.69) is 24.5 Å². The molecule has 0 aromatic heterocycles. The quantitative estimate of drug-likeness (QED) is 0.743. The Morgan fingerprint density at radius 1 is 1.00 bits per heavy atom. The highest BCUT2D eigenvalue weighted by Gasteiger charge is 2.31. The molecule has 5 heteroatoms. The summed E-state index contributed by atoms with van der Waals surface area (Å²) in [5.41, 5.74) is 0. The number of rotatable bonds is 3. The number of nitrogens with one attached hydrogen (secondary N) is 2. The molecule has 5 nitrogen and oxygen atoms in total. The second-order valence-corrected chi connectivity index (χ2v) is 6.66. The van der Waals surface area contributed by atoms with Crippen LogP contribution >= 0.6 is 0 Å². The highest BCUT2D eigenvalue weighted by Crippen LogP contribution is 2.29. The van der Waals surface area contributed by atoms with Crippen molar-refractivity contribution in [3.8, 4) is 0 Å². The van der Waals surface area contributed by atoms with Crippen LogP contribution in [0, 0.1) is 17.8 Å². The van der Waals surface area contributed by atoms with Crippen LogP contribution in [0.1, 0.15) is 52.4 Å². The first kappa shape index (κ1) is 15.1. The molecule has 3 N–H and O–H groups in total. The molecule has 0 spiro atoms. The van der Waals surface area contributed by atoms with E-state index in [1.165, 1.54) is 6.42 Å². The molecule has 114 valence electrons. The molecule has 0 bridgehead atoms. The van der Waals surface area contributed by atoms with Crippen molar-refractivity contribution in [2.24, 2.45) is 17.8 Å². The first-order chi connectivity index (χ1) is 9.45. The average molecular weight is 282 g/mol. The van der Waals surface area contributed by atoms with Crippen LogP contribution in [-0.2, 0) is 4.79 Å². The first-order valence-corrected chi connectivity index (χ1v) is 7.75. The van der Waals surface area contributed by atoms with Crippen LogP contribution in [-0.4, -0.2) is 29.2 Å². The van der Waals surface area contributed by atoms with Crippen molar-refractivity contribution < 1.29 is 14.7 Å². The van der Waals surface area contributed by atoms with Gasteiger partial charge in [-0.25, -0.2) is 4.79 Å². The average Bonchev–Trinajstić information content (AvgIpc) is 2.81. The van der Waals surface area contributed by atoms with E-state index < -0.39 is 5.97 Å². The molecule has 2 amide bonds. The molecule has 20 heavy (non-hydrogen) atoms. The largest absolute Gasteiger partial charge is 0.481 e. The smallest absolute Gasteiger partial charge is 0.315 e. The van der Waals surface area contributed by atoms with Crippen LogP contribution in [0.5, 0.6) is 0 Å². The Bertz CT molecular complexity index is 372. The fraction of sp³-hybridized carbons (Fsp3) is 0.867. The standard InChI is InChI=1S/C15H26N2O3/c1-9-3-6-13(10(2)7-9)17-15(20)16-12-5-4-11(8-12)14(18)19/h9-13H,3-8H2,1-2H3,(H,18,19)(H2,16,17,20). The number of carbonyl (C=O) groups excluding carboxylic acids is 1. The van der Waals surface area contributed by atoms with Gasteiger partial charge in [0.2, 0.25) is 0 Å². The molecule has 2 saturated carbocycles. The molecule has 0 radical (unpaired) electrons. The molecule has 0 aromatic rings. The van der Waals surface area contributed by atoms with Crippen LogP contribution in [0.3, 0.4) is 0 Å². The molecule has 0 aromatic carbocycles. The van der Waals surface area contributed by atoms with E-state index >= 15 is 0 Å². The van der Waals surface area contributed by atoms with Crippen molar-refractivity contribution in [1.29, 1.82) is 0 Å². The normalized spacial score (nSPS) is 37.4. The number of amides is 2. The molecule has 0 saturated heterocycles. The monoisotopic (exact) mass is 282 g/mol. The van der Waals surface area contributed by atoms with E-state index in [0.29, 0.717) is 18.8 Å². The van der Waals surface area contributed by atoms with Gasteiger partial charge >= 0.3 is 12.0 Å². The SMILES string of the molecule is CC1CCC(NC(=O)NC2CCC(C(=O)O)C2)C(C)C1. The summed E-state index contributed by atoms with van der Waals surface area (Å²) in [6, 6.07) is 0.129. The van der Waals surface area contributed by atoms with E-state index in [9.17, 15) is 9.59 Å². The Hall–Kier alpha value is -1.26. The van der Waals surface area contributed by atoms with Crippen molar-refractivity contribution in [1.82, 2.24) is 10.6 Å². The molecule has 2 fully saturated rings. The summed E-state index contributed by atoms with van der Waals surface area (Å²) in [7, 11) is 0. The van der Waals surface area contributed by atoms with Gasteiger partial charge in [-0.1, -0.05) is 13.8 Å². The van der Waals surface area contributed by atoms with Gasteiger partial charge in [0.1, 0.15) is 0 Å². The summed E-state index contributed by atoms with van der Waals surface area (Å²) >= 11 is 0. The fourth-order valence-corrected chi connectivity index (χ4v) is 3.61. The molecule has 5 unspecified atom stereocenters. The maximum absolute atomic E-state index is 12.0. The van der Waals surface area contributed by atoms with Gasteiger partial charge in [-0.2, -0.15) is 0 Å². The molecule has 2 rings (SSSR count). The number of carboxylic acid groups (broad SMARTS) is 1. The lowest BCUT2D eigenvalue weighted by Crippen LogP contribution is -2.49. The van der Waals surface area contributed by atoms with Crippen molar-refractivity contribution in [2.75, 3.05) is 0 Å². The predicted molar refractivity (Wildman–Crippen MR) is 76.4 cm³/mol. The third kappa shape index (κ3) is 3.87. The van der Waals surface area contributed by atoms with Gasteiger partial charge in [-0.3, -0.25) is 4.79 Å². The molecule has 5 atom stereocenters. The van der Waals surface area contributed by atoms with Gasteiger partial charge in [0.25, 0.3) is 0 Å². The summed E-state index contributed by atoms with van der Waals surface area (Å²) in [4.78, 5) is 22.9. The molecule has 2 aliphatic carbocycles. The predicted octanol–water partition coefficient (Wildman–Crippen LogP) is 2.36. The van der Waals surface area contributed by atoms with Crippen LogP contribution in [0.2, 0.25) is 0 Å². The summed E-state index contributed by atoms with van der Waals surface area (Å²) in [5, 5.41) is 14.9. The zero-order chi connectivity index (χ0) is 14.7. The summed E-state index contributed by atoms with van der Waals surface area (Å²) in [5.74, 6) is 0.219. The number of urea groups is 1. The lowest BCUT2D eigenvalue weighted by Gasteiger charge is -2.33. The third-order valence-corrected chi connectivity index (χ3v) is 4.87. The number of hydrogen-bond donors (Lipinski definition) is 3. The van der Waals surface area contributed by atoms with E-state index in [1.807, 2.05) is 0 Å². The second-order valence-electron chi connectivity index (χ2n) is 6.66. The maximum Gasteiger partial charge on any atom is 0.315 e. The zero-order valence-corrected chi connectivity index (χ0v) is 12.4. The molecule has 2 aliphatic rings. The van der Waals surface area contributed by atoms with Gasteiger partial charge in [-0.05, 0) is 50.4 Å². The maximum atomic E-state index is 12.0. The van der Waals surface area contributed by atoms with Gasteiger partial charge < -0.3 is 15.7 Å². The van der Waals surface area contributed by atoms with Crippen LogP contribution in [0.15, 0.2) is 0 Å². The van der Waals surface area contributed by atoms with Crippen molar-refractivity contribution in [2.45, 2.75) is 64.5 Å². The summed E-state index contributed by atoms with van der Waals surface area (Å²) in [6.07, 6.45) is 5.35. The van der Waals surface area contributed by atoms with Crippen molar-refractivity contribution in [3.63, 3.8) is 0 Å². The van der Waals surface area contributed by atoms with Crippen LogP contribution in [0.25, 0.3) is 0 Å². The van der Waals surface area contributed by atoms with Crippen LogP contribution in [0.4, 0.5) is 4.79 Å². The molecular weight excluding hydrogens is 256 g/mol. The lowest BCUT2D eigenvalue weighted by atomic mass is 9.80. The lowest BCUT2D eigenvalue weighted by molar-refractivity contribution is -0.141. The Labute approximate surface area is 120 Å². The van der Waals surface area contributed by atoms with E-state index in [4.69, 9.17) is 5.11 Å². The Morgan fingerprint density at radius 2 is 1.75 bits per heavy atom. The van der Waals surface area contributed by atoms with Gasteiger partial charge in [0.05, 0.1) is 5.92 Å². The highest BCUT2D eigenvalue weighted by atomic mass is 16.4. The first-order valence-electron chi connectivity index (χ1n) is 7.75. The Kier molecular flexibility index (Phi) is 4.89. The Morgan fingerprint density at radius 3 is 2.35 bits per heavy atom. The number of carbonyl (C=O) groups is 2. The van der Waals surface area contributed by atoms with E-state index in [1.54, 1.807) is 0 Å². The van der Waals surface area contributed by atoms with E-state index in [-0.39, 0.29) is 24.0 Å². The van der Waals surface area contributed by atoms with Gasteiger partial charge in [0.15, 0.2) is 0 Å². The number of carboxylic acids is 1. The zero-order valence-electron chi connectivity index (χ0n) is 12.4. The summed E-state index contributed by atoms with van der Waals surface area (Å²) in [6.45, 7) is 4.45. The minimum absolute atomic E-state index is 0.00826. The minimum Gasteiger partial charge on any atom is -0.481 e. The summed E-state index contributed by atoms with van der Waals surface area (Å²) < 4.78 is 0. The van der Waals surface area contributed by atoms with E-state index in [0.717, 1.165) is 25.2 Å². The van der Waals surface area contributed by atoms with Gasteiger partial charge in [-0.15, -0.1) is 0 Å². The molecule has 0 heterocycles. The Balaban J connectivity index is 1.74. The van der Waals surface area contributed by atoms with Crippen molar-refractivity contribution >= 4 is 12.0 Å². The highest BCUT2D eigenvalue weighted by molar-refractivity contribution is 5.75. The third-order valence-electron chi connectivity index (χ3n) is 4.87. The minimum atomic E-state index is -0.746. The second kappa shape index (κ2) is 6.46. The fourth-order valence-electron chi connectivity index (χ4n) is 3.61.